The summed E-state index contributed by atoms with van der Waals surface area (Å²) >= 11 is 0. The van der Waals surface area contributed by atoms with E-state index in [1.807, 2.05) is 32.0 Å². The minimum absolute atomic E-state index is 0.00897. The third kappa shape index (κ3) is 5.88. The second kappa shape index (κ2) is 8.87. The van der Waals surface area contributed by atoms with Crippen LogP contribution >= 0.6 is 0 Å². The molecule has 0 atom stereocenters. The highest BCUT2D eigenvalue weighted by atomic mass is 16.2. The van der Waals surface area contributed by atoms with Crippen LogP contribution in [0.2, 0.25) is 0 Å². The van der Waals surface area contributed by atoms with Crippen molar-refractivity contribution in [1.82, 2.24) is 5.32 Å². The third-order valence-corrected chi connectivity index (χ3v) is 3.56. The number of hydrogen-bond donors (Lipinski definition) is 2. The molecule has 0 saturated heterocycles. The van der Waals surface area contributed by atoms with Gasteiger partial charge in [0, 0.05) is 23.7 Å². The standard InChI is InChI=1S/C20H24N2O2/c1-15(2)21-20(24)17-11-13-18(14-12-17)22-19(23)10-6-9-16-7-4-3-5-8-16/h3-5,7-8,11-15H,6,9-10H2,1-2H3,(H,21,24)(H,22,23). The summed E-state index contributed by atoms with van der Waals surface area (Å²) in [6, 6.07) is 17.2. The fourth-order valence-electron chi connectivity index (χ4n) is 2.37. The number of carbonyl (C=O) groups is 2. The fraction of sp³-hybridized carbons (Fsp3) is 0.300. The highest BCUT2D eigenvalue weighted by Crippen LogP contribution is 2.11. The fourth-order valence-corrected chi connectivity index (χ4v) is 2.37. The van der Waals surface area contributed by atoms with Crippen molar-refractivity contribution < 1.29 is 9.59 Å². The summed E-state index contributed by atoms with van der Waals surface area (Å²) in [5, 5.41) is 5.70. The Hall–Kier alpha value is -2.62. The number of amides is 2. The summed E-state index contributed by atoms with van der Waals surface area (Å²) in [4.78, 5) is 23.8. The normalized spacial score (nSPS) is 10.5. The van der Waals surface area contributed by atoms with Crippen LogP contribution in [0.5, 0.6) is 0 Å². The molecule has 4 heteroatoms. The summed E-state index contributed by atoms with van der Waals surface area (Å²) in [6.45, 7) is 3.84. The molecule has 2 aromatic carbocycles. The van der Waals surface area contributed by atoms with E-state index in [9.17, 15) is 9.59 Å². The van der Waals surface area contributed by atoms with Crippen molar-refractivity contribution in [2.45, 2.75) is 39.2 Å². The Morgan fingerprint density at radius 1 is 0.958 bits per heavy atom. The molecule has 4 nitrogen and oxygen atoms in total. The Morgan fingerprint density at radius 2 is 1.62 bits per heavy atom. The Kier molecular flexibility index (Phi) is 6.55. The molecule has 0 saturated carbocycles. The highest BCUT2D eigenvalue weighted by molar-refractivity contribution is 5.95. The maximum Gasteiger partial charge on any atom is 0.251 e. The van der Waals surface area contributed by atoms with Gasteiger partial charge in [-0.3, -0.25) is 9.59 Å². The van der Waals surface area contributed by atoms with E-state index in [2.05, 4.69) is 22.8 Å². The van der Waals surface area contributed by atoms with E-state index in [0.717, 1.165) is 12.8 Å². The minimum Gasteiger partial charge on any atom is -0.350 e. The van der Waals surface area contributed by atoms with Gasteiger partial charge in [-0.25, -0.2) is 0 Å². The lowest BCUT2D eigenvalue weighted by Gasteiger charge is -2.09. The van der Waals surface area contributed by atoms with E-state index in [1.165, 1.54) is 5.56 Å². The van der Waals surface area contributed by atoms with E-state index < -0.39 is 0 Å². The zero-order valence-corrected chi connectivity index (χ0v) is 14.2. The van der Waals surface area contributed by atoms with Gasteiger partial charge in [-0.15, -0.1) is 0 Å². The SMILES string of the molecule is CC(C)NC(=O)c1ccc(NC(=O)CCCc2ccccc2)cc1. The predicted molar refractivity (Wildman–Crippen MR) is 97.1 cm³/mol. The van der Waals surface area contributed by atoms with Gasteiger partial charge in [0.2, 0.25) is 5.91 Å². The largest absolute Gasteiger partial charge is 0.350 e. The lowest BCUT2D eigenvalue weighted by Crippen LogP contribution is -2.30. The second-order valence-corrected chi connectivity index (χ2v) is 6.09. The number of hydrogen-bond acceptors (Lipinski definition) is 2. The average molecular weight is 324 g/mol. The van der Waals surface area contributed by atoms with Crippen molar-refractivity contribution in [3.63, 3.8) is 0 Å². The first-order chi connectivity index (χ1) is 11.5. The van der Waals surface area contributed by atoms with E-state index >= 15 is 0 Å². The molecule has 24 heavy (non-hydrogen) atoms. The zero-order chi connectivity index (χ0) is 17.4. The first-order valence-electron chi connectivity index (χ1n) is 8.29. The number of nitrogens with one attached hydrogen (secondary N) is 2. The lowest BCUT2D eigenvalue weighted by molar-refractivity contribution is -0.116. The Balaban J connectivity index is 1.78. The quantitative estimate of drug-likeness (QED) is 0.814. The lowest BCUT2D eigenvalue weighted by atomic mass is 10.1. The van der Waals surface area contributed by atoms with Gasteiger partial charge in [-0.1, -0.05) is 30.3 Å². The summed E-state index contributed by atoms with van der Waals surface area (Å²) in [7, 11) is 0. The molecule has 0 spiro atoms. The van der Waals surface area contributed by atoms with Gasteiger partial charge >= 0.3 is 0 Å². The molecule has 0 aliphatic carbocycles. The van der Waals surface area contributed by atoms with Crippen molar-refractivity contribution >= 4 is 17.5 Å². The first kappa shape index (κ1) is 17.7. The second-order valence-electron chi connectivity index (χ2n) is 6.09. The molecule has 0 radical (unpaired) electrons. The third-order valence-electron chi connectivity index (χ3n) is 3.56. The maximum absolute atomic E-state index is 12.0. The van der Waals surface area contributed by atoms with Crippen LogP contribution in [-0.4, -0.2) is 17.9 Å². The van der Waals surface area contributed by atoms with Crippen LogP contribution in [0.3, 0.4) is 0 Å². The summed E-state index contributed by atoms with van der Waals surface area (Å²) < 4.78 is 0. The van der Waals surface area contributed by atoms with Crippen molar-refractivity contribution in [1.29, 1.82) is 0 Å². The molecule has 2 N–H and O–H groups in total. The van der Waals surface area contributed by atoms with Crippen molar-refractivity contribution in [2.24, 2.45) is 0 Å². The van der Waals surface area contributed by atoms with Crippen molar-refractivity contribution in [2.75, 3.05) is 5.32 Å². The zero-order valence-electron chi connectivity index (χ0n) is 14.2. The van der Waals surface area contributed by atoms with E-state index in [0.29, 0.717) is 17.7 Å². The van der Waals surface area contributed by atoms with Crippen molar-refractivity contribution in [3.05, 3.63) is 65.7 Å². The molecule has 0 aromatic heterocycles. The van der Waals surface area contributed by atoms with E-state index in [4.69, 9.17) is 0 Å². The molecular weight excluding hydrogens is 300 g/mol. The minimum atomic E-state index is -0.106. The molecule has 0 aliphatic heterocycles. The predicted octanol–water partition coefficient (Wildman–Crippen LogP) is 3.79. The van der Waals surface area contributed by atoms with Gasteiger partial charge in [0.15, 0.2) is 0 Å². The molecule has 0 heterocycles. The number of anilines is 1. The van der Waals surface area contributed by atoms with Gasteiger partial charge in [-0.2, -0.15) is 0 Å². The number of carbonyl (C=O) groups excluding carboxylic acids is 2. The van der Waals surface area contributed by atoms with Crippen LogP contribution in [0, 0.1) is 0 Å². The molecule has 0 fully saturated rings. The van der Waals surface area contributed by atoms with Crippen LogP contribution < -0.4 is 10.6 Å². The summed E-state index contributed by atoms with van der Waals surface area (Å²) in [5.74, 6) is -0.115. The number of rotatable bonds is 7. The van der Waals surface area contributed by atoms with Gasteiger partial charge < -0.3 is 10.6 Å². The smallest absolute Gasteiger partial charge is 0.251 e. The molecular formula is C20H24N2O2. The van der Waals surface area contributed by atoms with Gasteiger partial charge in [0.05, 0.1) is 0 Å². The van der Waals surface area contributed by atoms with E-state index in [1.54, 1.807) is 24.3 Å². The Morgan fingerprint density at radius 3 is 2.25 bits per heavy atom. The van der Waals surface area contributed by atoms with Gasteiger partial charge in [0.25, 0.3) is 5.91 Å². The Bertz CT molecular complexity index is 664. The van der Waals surface area contributed by atoms with E-state index in [-0.39, 0.29) is 17.9 Å². The van der Waals surface area contributed by atoms with Gasteiger partial charge in [-0.05, 0) is 56.5 Å². The molecule has 2 amide bonds. The van der Waals surface area contributed by atoms with Crippen LogP contribution in [0.25, 0.3) is 0 Å². The number of benzene rings is 2. The highest BCUT2D eigenvalue weighted by Gasteiger charge is 2.07. The average Bonchev–Trinajstić information content (AvgIpc) is 2.56. The van der Waals surface area contributed by atoms with Crippen LogP contribution in [-0.2, 0) is 11.2 Å². The number of aryl methyl sites for hydroxylation is 1. The molecule has 2 aromatic rings. The summed E-state index contributed by atoms with van der Waals surface area (Å²) in [6.07, 6.45) is 2.18. The maximum atomic E-state index is 12.0. The summed E-state index contributed by atoms with van der Waals surface area (Å²) in [5.41, 5.74) is 2.54. The molecule has 0 bridgehead atoms. The van der Waals surface area contributed by atoms with Crippen LogP contribution in [0.4, 0.5) is 5.69 Å². The first-order valence-corrected chi connectivity index (χ1v) is 8.29. The monoisotopic (exact) mass is 324 g/mol. The topological polar surface area (TPSA) is 58.2 Å². The van der Waals surface area contributed by atoms with Crippen LogP contribution in [0.15, 0.2) is 54.6 Å². The molecule has 0 unspecified atom stereocenters. The van der Waals surface area contributed by atoms with Crippen molar-refractivity contribution in [3.8, 4) is 0 Å². The molecule has 126 valence electrons. The molecule has 2 rings (SSSR count). The molecule has 0 aliphatic rings. The van der Waals surface area contributed by atoms with Crippen LogP contribution in [0.1, 0.15) is 42.6 Å². The Labute approximate surface area is 143 Å². The van der Waals surface area contributed by atoms with Gasteiger partial charge in [0.1, 0.15) is 0 Å².